The number of alkyl halides is 3. The van der Waals surface area contributed by atoms with Crippen LogP contribution in [0, 0.1) is 0 Å². The Morgan fingerprint density at radius 2 is 1.92 bits per heavy atom. The summed E-state index contributed by atoms with van der Waals surface area (Å²) in [6, 6.07) is 8.65. The number of amides is 1. The van der Waals surface area contributed by atoms with E-state index >= 15 is 0 Å². The highest BCUT2D eigenvalue weighted by Gasteiger charge is 2.38. The molecule has 7 heteroatoms. The van der Waals surface area contributed by atoms with E-state index in [1.807, 2.05) is 5.32 Å². The van der Waals surface area contributed by atoms with E-state index in [2.05, 4.69) is 11.9 Å². The lowest BCUT2D eigenvalue weighted by molar-refractivity contribution is -0.173. The lowest BCUT2D eigenvalue weighted by Gasteiger charge is -2.14. The van der Waals surface area contributed by atoms with Crippen LogP contribution >= 0.6 is 0 Å². The average Bonchev–Trinajstić information content (AvgIpc) is 2.60. The summed E-state index contributed by atoms with van der Waals surface area (Å²) in [5, 5.41) is 1.87. The fourth-order valence-corrected chi connectivity index (χ4v) is 2.18. The monoisotopic (exact) mass is 352 g/mol. The third-order valence-electron chi connectivity index (χ3n) is 3.50. The van der Waals surface area contributed by atoms with Crippen molar-refractivity contribution in [3.05, 3.63) is 48.3 Å². The van der Waals surface area contributed by atoms with Gasteiger partial charge in [-0.3, -0.25) is 9.78 Å². The van der Waals surface area contributed by atoms with E-state index in [1.54, 1.807) is 42.7 Å². The Morgan fingerprint density at radius 1 is 1.20 bits per heavy atom. The van der Waals surface area contributed by atoms with E-state index in [-0.39, 0.29) is 6.54 Å². The minimum absolute atomic E-state index is 0.217. The maximum Gasteiger partial charge on any atom is 0.471 e. The zero-order valence-corrected chi connectivity index (χ0v) is 13.8. The average molecular weight is 352 g/mol. The molecule has 0 aliphatic carbocycles. The number of rotatable bonds is 7. The van der Waals surface area contributed by atoms with Gasteiger partial charge in [-0.2, -0.15) is 13.2 Å². The summed E-state index contributed by atoms with van der Waals surface area (Å²) in [5.74, 6) is -1.31. The van der Waals surface area contributed by atoms with Gasteiger partial charge in [0.05, 0.1) is 6.61 Å². The zero-order valence-electron chi connectivity index (χ0n) is 13.8. The molecule has 2 rings (SSSR count). The molecule has 0 spiro atoms. The molecule has 0 saturated heterocycles. The number of carbonyl (C=O) groups excluding carboxylic acids is 1. The third-order valence-corrected chi connectivity index (χ3v) is 3.50. The van der Waals surface area contributed by atoms with Crippen LogP contribution in [0.25, 0.3) is 11.1 Å². The summed E-state index contributed by atoms with van der Waals surface area (Å²) in [6.07, 6.45) is 0.259. The van der Waals surface area contributed by atoms with Crippen LogP contribution in [0.2, 0.25) is 0 Å². The minimum atomic E-state index is -4.89. The standard InChI is InChI=1S/C18H19F3N2O2/c1-2-3-10-25-16-5-4-13(12-23-17(24)18(19,20)21)11-15(16)14-6-8-22-9-7-14/h4-9,11H,2-3,10,12H2,1H3,(H,23,24). The maximum absolute atomic E-state index is 12.3. The van der Waals surface area contributed by atoms with Crippen molar-refractivity contribution in [2.45, 2.75) is 32.5 Å². The number of pyridine rings is 1. The van der Waals surface area contributed by atoms with Crippen molar-refractivity contribution < 1.29 is 22.7 Å². The van der Waals surface area contributed by atoms with Gasteiger partial charge < -0.3 is 10.1 Å². The van der Waals surface area contributed by atoms with Gasteiger partial charge in [0.2, 0.25) is 0 Å². The van der Waals surface area contributed by atoms with E-state index in [1.165, 1.54) is 0 Å². The second-order valence-electron chi connectivity index (χ2n) is 5.45. The molecule has 1 aromatic heterocycles. The summed E-state index contributed by atoms with van der Waals surface area (Å²) in [4.78, 5) is 14.9. The molecule has 0 saturated carbocycles. The molecule has 25 heavy (non-hydrogen) atoms. The van der Waals surface area contributed by atoms with Gasteiger partial charge in [0.25, 0.3) is 0 Å². The van der Waals surface area contributed by atoms with E-state index < -0.39 is 12.1 Å². The molecule has 1 N–H and O–H groups in total. The number of hydrogen-bond donors (Lipinski definition) is 1. The Morgan fingerprint density at radius 3 is 2.56 bits per heavy atom. The first-order valence-corrected chi connectivity index (χ1v) is 7.93. The quantitative estimate of drug-likeness (QED) is 0.763. The lowest BCUT2D eigenvalue weighted by atomic mass is 10.0. The van der Waals surface area contributed by atoms with Crippen LogP contribution in [0.5, 0.6) is 5.75 Å². The molecule has 0 aliphatic heterocycles. The van der Waals surface area contributed by atoms with Gasteiger partial charge in [-0.05, 0) is 41.8 Å². The lowest BCUT2D eigenvalue weighted by Crippen LogP contribution is -2.36. The largest absolute Gasteiger partial charge is 0.493 e. The summed E-state index contributed by atoms with van der Waals surface area (Å²) in [6.45, 7) is 2.39. The molecule has 1 heterocycles. The van der Waals surface area contributed by atoms with Crippen LogP contribution in [0.4, 0.5) is 13.2 Å². The molecule has 1 aromatic carbocycles. The molecule has 0 aliphatic rings. The Labute approximate surface area is 144 Å². The first-order chi connectivity index (χ1) is 11.9. The van der Waals surface area contributed by atoms with Crippen molar-refractivity contribution in [1.29, 1.82) is 0 Å². The number of halogens is 3. The van der Waals surface area contributed by atoms with E-state index in [9.17, 15) is 18.0 Å². The van der Waals surface area contributed by atoms with Gasteiger partial charge >= 0.3 is 12.1 Å². The number of nitrogens with one attached hydrogen (secondary N) is 1. The highest BCUT2D eigenvalue weighted by atomic mass is 19.4. The molecule has 0 atom stereocenters. The first kappa shape index (κ1) is 18.8. The molecule has 2 aromatic rings. The molecule has 4 nitrogen and oxygen atoms in total. The Bertz CT molecular complexity index is 703. The predicted molar refractivity (Wildman–Crippen MR) is 88.0 cm³/mol. The third kappa shape index (κ3) is 5.48. The number of aromatic nitrogens is 1. The SMILES string of the molecule is CCCCOc1ccc(CNC(=O)C(F)(F)F)cc1-c1ccncc1. The van der Waals surface area contributed by atoms with Crippen LogP contribution in [-0.4, -0.2) is 23.7 Å². The molecule has 0 bridgehead atoms. The Hall–Kier alpha value is -2.57. The molecule has 134 valence electrons. The molecular weight excluding hydrogens is 333 g/mol. The van der Waals surface area contributed by atoms with Gasteiger partial charge in [-0.1, -0.05) is 19.4 Å². The van der Waals surface area contributed by atoms with Crippen molar-refractivity contribution in [3.63, 3.8) is 0 Å². The smallest absolute Gasteiger partial charge is 0.471 e. The second kappa shape index (κ2) is 8.50. The zero-order chi connectivity index (χ0) is 18.3. The van der Waals surface area contributed by atoms with Crippen LogP contribution in [-0.2, 0) is 11.3 Å². The van der Waals surface area contributed by atoms with Crippen molar-refractivity contribution in [3.8, 4) is 16.9 Å². The predicted octanol–water partition coefficient (Wildman–Crippen LogP) is 4.11. The summed E-state index contributed by atoms with van der Waals surface area (Å²) in [7, 11) is 0. The Balaban J connectivity index is 2.21. The molecule has 1 amide bonds. The number of ether oxygens (including phenoxy) is 1. The van der Waals surface area contributed by atoms with Gasteiger partial charge in [-0.15, -0.1) is 0 Å². The summed E-state index contributed by atoms with van der Waals surface area (Å²) in [5.41, 5.74) is 2.13. The molecule has 0 radical (unpaired) electrons. The minimum Gasteiger partial charge on any atom is -0.493 e. The maximum atomic E-state index is 12.3. The van der Waals surface area contributed by atoms with Crippen LogP contribution < -0.4 is 10.1 Å². The second-order valence-corrected chi connectivity index (χ2v) is 5.45. The van der Waals surface area contributed by atoms with Crippen LogP contribution in [0.3, 0.4) is 0 Å². The van der Waals surface area contributed by atoms with E-state index in [0.29, 0.717) is 17.9 Å². The van der Waals surface area contributed by atoms with Crippen molar-refractivity contribution in [1.82, 2.24) is 10.3 Å². The van der Waals surface area contributed by atoms with Crippen LogP contribution in [0.1, 0.15) is 25.3 Å². The fourth-order valence-electron chi connectivity index (χ4n) is 2.18. The summed E-state index contributed by atoms with van der Waals surface area (Å²) < 4.78 is 42.7. The van der Waals surface area contributed by atoms with E-state index in [0.717, 1.165) is 24.0 Å². The topological polar surface area (TPSA) is 51.2 Å². The number of hydrogen-bond acceptors (Lipinski definition) is 3. The van der Waals surface area contributed by atoms with Crippen LogP contribution in [0.15, 0.2) is 42.7 Å². The number of nitrogens with zero attached hydrogens (tertiary/aromatic N) is 1. The Kier molecular flexibility index (Phi) is 6.38. The number of unbranched alkanes of at least 4 members (excludes halogenated alkanes) is 1. The normalized spacial score (nSPS) is 11.2. The van der Waals surface area contributed by atoms with Gasteiger partial charge in [0.1, 0.15) is 5.75 Å². The highest BCUT2D eigenvalue weighted by molar-refractivity contribution is 5.81. The van der Waals surface area contributed by atoms with Crippen molar-refractivity contribution in [2.75, 3.05) is 6.61 Å². The fraction of sp³-hybridized carbons (Fsp3) is 0.333. The van der Waals surface area contributed by atoms with E-state index in [4.69, 9.17) is 4.74 Å². The summed E-state index contributed by atoms with van der Waals surface area (Å²) >= 11 is 0. The van der Waals surface area contributed by atoms with Crippen molar-refractivity contribution >= 4 is 5.91 Å². The number of carbonyl (C=O) groups is 1. The molecule has 0 fully saturated rings. The molecular formula is C18H19F3N2O2. The first-order valence-electron chi connectivity index (χ1n) is 7.93. The van der Waals surface area contributed by atoms with Gasteiger partial charge in [0, 0.05) is 24.5 Å². The number of benzene rings is 1. The van der Waals surface area contributed by atoms with Gasteiger partial charge in [-0.25, -0.2) is 0 Å². The highest BCUT2D eigenvalue weighted by Crippen LogP contribution is 2.31. The van der Waals surface area contributed by atoms with Crippen molar-refractivity contribution in [2.24, 2.45) is 0 Å². The molecule has 0 unspecified atom stereocenters. The van der Waals surface area contributed by atoms with Gasteiger partial charge in [0.15, 0.2) is 0 Å².